The fraction of sp³-hybridized carbons (Fsp3) is 0.280. The van der Waals surface area contributed by atoms with E-state index in [4.69, 9.17) is 4.74 Å². The van der Waals surface area contributed by atoms with E-state index < -0.39 is 5.60 Å². The number of hydrogen-bond donors (Lipinski definition) is 2. The third kappa shape index (κ3) is 4.35. The summed E-state index contributed by atoms with van der Waals surface area (Å²) in [7, 11) is 1.89. The van der Waals surface area contributed by atoms with Gasteiger partial charge in [-0.15, -0.1) is 0 Å². The number of nitrogens with zero attached hydrogens (tertiary/aromatic N) is 4. The molecule has 4 aromatic rings. The number of ether oxygens (including phenoxy) is 1. The van der Waals surface area contributed by atoms with Crippen LogP contribution in [0.4, 0.5) is 5.82 Å². The number of carbonyl (C=O) groups is 1. The van der Waals surface area contributed by atoms with Crippen molar-refractivity contribution in [2.24, 2.45) is 7.05 Å². The molecule has 0 spiro atoms. The maximum Gasteiger partial charge on any atom is 0.256 e. The number of amides is 1. The van der Waals surface area contributed by atoms with Crippen LogP contribution in [-0.4, -0.2) is 44.8 Å². The number of morpholine rings is 1. The minimum absolute atomic E-state index is 0.0707. The Bertz CT molecular complexity index is 1330. The Hall–Kier alpha value is -3.62. The summed E-state index contributed by atoms with van der Waals surface area (Å²) in [4.78, 5) is 21.9. The SMILES string of the molecule is C[C@@H]1CNC[C@@](C)(c2cc(C(=O)Nc3cc4cc(-c5cnn(C)c5)ccc4cn3)ccn2)O1. The van der Waals surface area contributed by atoms with E-state index in [9.17, 15) is 4.79 Å². The molecule has 8 nitrogen and oxygen atoms in total. The van der Waals surface area contributed by atoms with Crippen LogP contribution in [0, 0.1) is 0 Å². The van der Waals surface area contributed by atoms with Crippen LogP contribution in [0.5, 0.6) is 0 Å². The molecular formula is C25H26N6O2. The normalized spacial score (nSPS) is 20.6. The molecule has 0 bridgehead atoms. The van der Waals surface area contributed by atoms with Crippen molar-refractivity contribution in [3.8, 4) is 11.1 Å². The van der Waals surface area contributed by atoms with Gasteiger partial charge in [0, 0.05) is 55.2 Å². The van der Waals surface area contributed by atoms with Gasteiger partial charge >= 0.3 is 0 Å². The van der Waals surface area contributed by atoms with Crippen molar-refractivity contribution < 1.29 is 9.53 Å². The number of benzene rings is 1. The number of hydrogen-bond acceptors (Lipinski definition) is 6. The van der Waals surface area contributed by atoms with Gasteiger partial charge in [0.2, 0.25) is 0 Å². The number of fused-ring (bicyclic) bond motifs is 1. The molecule has 0 radical (unpaired) electrons. The van der Waals surface area contributed by atoms with Crippen LogP contribution in [0.15, 0.2) is 61.2 Å². The van der Waals surface area contributed by atoms with Crippen LogP contribution in [0.25, 0.3) is 21.9 Å². The fourth-order valence-corrected chi connectivity index (χ4v) is 4.20. The van der Waals surface area contributed by atoms with Gasteiger partial charge in [0.1, 0.15) is 11.4 Å². The van der Waals surface area contributed by atoms with Gasteiger partial charge in [0.25, 0.3) is 5.91 Å². The van der Waals surface area contributed by atoms with Crippen LogP contribution in [0.2, 0.25) is 0 Å². The molecule has 4 heterocycles. The number of nitrogens with one attached hydrogen (secondary N) is 2. The van der Waals surface area contributed by atoms with E-state index in [0.29, 0.717) is 17.9 Å². The number of rotatable bonds is 4. The van der Waals surface area contributed by atoms with E-state index in [1.165, 1.54) is 0 Å². The Morgan fingerprint density at radius 1 is 1.15 bits per heavy atom. The zero-order valence-corrected chi connectivity index (χ0v) is 18.9. The number of carbonyl (C=O) groups excluding carboxylic acids is 1. The lowest BCUT2D eigenvalue weighted by Crippen LogP contribution is -2.49. The van der Waals surface area contributed by atoms with Gasteiger partial charge in [0.05, 0.1) is 18.0 Å². The van der Waals surface area contributed by atoms with Crippen LogP contribution in [-0.2, 0) is 17.4 Å². The smallest absolute Gasteiger partial charge is 0.256 e. The molecule has 1 aliphatic rings. The number of aromatic nitrogens is 4. The standard InChI is InChI=1S/C25H26N6O2/c1-16-11-26-15-25(2,33-16)22-9-18(6-7-27-22)24(32)30-23-10-20-8-17(4-5-19(20)12-28-23)21-13-29-31(3)14-21/h4-10,12-14,16,26H,11,15H2,1-3H3,(H,28,30,32)/t16-,25+/m1/s1. The zero-order valence-electron chi connectivity index (χ0n) is 18.9. The predicted molar refractivity (Wildman–Crippen MR) is 127 cm³/mol. The summed E-state index contributed by atoms with van der Waals surface area (Å²) in [5.74, 6) is 0.249. The molecule has 168 valence electrons. The molecule has 1 aromatic carbocycles. The first-order valence-corrected chi connectivity index (χ1v) is 10.9. The van der Waals surface area contributed by atoms with Crippen molar-refractivity contribution in [2.75, 3.05) is 18.4 Å². The highest BCUT2D eigenvalue weighted by molar-refractivity contribution is 6.04. The molecule has 0 saturated carbocycles. The average Bonchev–Trinajstić information content (AvgIpc) is 3.25. The highest BCUT2D eigenvalue weighted by Crippen LogP contribution is 2.28. The monoisotopic (exact) mass is 442 g/mol. The van der Waals surface area contributed by atoms with E-state index in [2.05, 4.69) is 31.8 Å². The van der Waals surface area contributed by atoms with Gasteiger partial charge in [-0.05, 0) is 49.1 Å². The molecule has 0 unspecified atom stereocenters. The zero-order chi connectivity index (χ0) is 23.0. The molecule has 2 N–H and O–H groups in total. The molecule has 1 aliphatic heterocycles. The molecule has 3 aromatic heterocycles. The Morgan fingerprint density at radius 2 is 2.03 bits per heavy atom. The first-order valence-electron chi connectivity index (χ1n) is 10.9. The Balaban J connectivity index is 1.39. The van der Waals surface area contributed by atoms with Crippen molar-refractivity contribution in [2.45, 2.75) is 25.6 Å². The lowest BCUT2D eigenvalue weighted by Gasteiger charge is -2.37. The largest absolute Gasteiger partial charge is 0.363 e. The van der Waals surface area contributed by atoms with E-state index in [1.807, 2.05) is 51.5 Å². The van der Waals surface area contributed by atoms with Gasteiger partial charge in [-0.2, -0.15) is 5.10 Å². The maximum atomic E-state index is 13.0. The van der Waals surface area contributed by atoms with E-state index in [-0.39, 0.29) is 12.0 Å². The molecule has 8 heteroatoms. The van der Waals surface area contributed by atoms with Crippen LogP contribution in [0.3, 0.4) is 0 Å². The van der Waals surface area contributed by atoms with Gasteiger partial charge in [-0.25, -0.2) is 4.98 Å². The van der Waals surface area contributed by atoms with Gasteiger partial charge in [-0.3, -0.25) is 14.5 Å². The molecule has 5 rings (SSSR count). The van der Waals surface area contributed by atoms with Crippen LogP contribution in [0.1, 0.15) is 29.9 Å². The molecule has 1 amide bonds. The third-order valence-corrected chi connectivity index (χ3v) is 5.92. The van der Waals surface area contributed by atoms with Gasteiger partial charge in [0.15, 0.2) is 0 Å². The van der Waals surface area contributed by atoms with Crippen molar-refractivity contribution in [1.82, 2.24) is 25.1 Å². The van der Waals surface area contributed by atoms with Gasteiger partial charge in [-0.1, -0.05) is 12.1 Å². The first kappa shape index (κ1) is 21.2. The summed E-state index contributed by atoms with van der Waals surface area (Å²) in [5, 5.41) is 12.5. The summed E-state index contributed by atoms with van der Waals surface area (Å²) in [6.45, 7) is 5.45. The Kier molecular flexibility index (Phi) is 5.39. The highest BCUT2D eigenvalue weighted by atomic mass is 16.5. The van der Waals surface area contributed by atoms with Crippen LogP contribution < -0.4 is 10.6 Å². The Labute approximate surface area is 192 Å². The predicted octanol–water partition coefficient (Wildman–Crippen LogP) is 3.51. The fourth-order valence-electron chi connectivity index (χ4n) is 4.20. The van der Waals surface area contributed by atoms with E-state index in [1.54, 1.807) is 29.2 Å². The average molecular weight is 443 g/mol. The lowest BCUT2D eigenvalue weighted by atomic mass is 9.97. The highest BCUT2D eigenvalue weighted by Gasteiger charge is 2.34. The second-order valence-corrected chi connectivity index (χ2v) is 8.71. The van der Waals surface area contributed by atoms with Crippen molar-refractivity contribution in [3.05, 3.63) is 72.4 Å². The number of pyridine rings is 2. The maximum absolute atomic E-state index is 13.0. The molecule has 1 fully saturated rings. The van der Waals surface area contributed by atoms with E-state index in [0.717, 1.165) is 34.1 Å². The summed E-state index contributed by atoms with van der Waals surface area (Å²) >= 11 is 0. The second-order valence-electron chi connectivity index (χ2n) is 8.71. The number of aryl methyl sites for hydroxylation is 1. The third-order valence-electron chi connectivity index (χ3n) is 5.92. The van der Waals surface area contributed by atoms with E-state index >= 15 is 0 Å². The van der Waals surface area contributed by atoms with Gasteiger partial charge < -0.3 is 15.4 Å². The molecule has 1 saturated heterocycles. The molecule has 33 heavy (non-hydrogen) atoms. The summed E-state index contributed by atoms with van der Waals surface area (Å²) in [6, 6.07) is 11.5. The number of anilines is 1. The summed E-state index contributed by atoms with van der Waals surface area (Å²) in [5.41, 5.74) is 2.74. The summed E-state index contributed by atoms with van der Waals surface area (Å²) < 4.78 is 7.91. The molecule has 2 atom stereocenters. The second kappa shape index (κ2) is 8.38. The van der Waals surface area contributed by atoms with Crippen LogP contribution >= 0.6 is 0 Å². The minimum Gasteiger partial charge on any atom is -0.363 e. The summed E-state index contributed by atoms with van der Waals surface area (Å²) in [6.07, 6.45) is 7.28. The Morgan fingerprint density at radius 3 is 2.82 bits per heavy atom. The van der Waals surface area contributed by atoms with Crippen molar-refractivity contribution in [1.29, 1.82) is 0 Å². The lowest BCUT2D eigenvalue weighted by molar-refractivity contribution is -0.105. The molecular weight excluding hydrogens is 416 g/mol. The first-order chi connectivity index (χ1) is 15.9. The van der Waals surface area contributed by atoms with Crippen molar-refractivity contribution in [3.63, 3.8) is 0 Å². The molecule has 0 aliphatic carbocycles. The minimum atomic E-state index is -0.585. The van der Waals surface area contributed by atoms with Crippen molar-refractivity contribution >= 4 is 22.5 Å². The topological polar surface area (TPSA) is 94.0 Å². The quantitative estimate of drug-likeness (QED) is 0.502.